The zero-order valence-corrected chi connectivity index (χ0v) is 14.5. The van der Waals surface area contributed by atoms with Gasteiger partial charge in [-0.3, -0.25) is 14.1 Å². The van der Waals surface area contributed by atoms with Crippen LogP contribution in [-0.4, -0.2) is 39.9 Å². The molecule has 0 saturated heterocycles. The van der Waals surface area contributed by atoms with Crippen molar-refractivity contribution in [2.24, 2.45) is 0 Å². The van der Waals surface area contributed by atoms with Crippen molar-refractivity contribution < 1.29 is 32.8 Å². The highest BCUT2D eigenvalue weighted by Crippen LogP contribution is 2.29. The summed E-state index contributed by atoms with van der Waals surface area (Å²) in [5.41, 5.74) is 0. The molecule has 0 aromatic rings. The Morgan fingerprint density at radius 3 is 1.65 bits per heavy atom. The average Bonchev–Trinajstić information content (AvgIpc) is 2.42. The first-order chi connectivity index (χ1) is 10.7. The molecule has 0 aliphatic carbocycles. The lowest BCUT2D eigenvalue weighted by molar-refractivity contribution is -0.147. The highest BCUT2D eigenvalue weighted by atomic mass is 32.2. The van der Waals surface area contributed by atoms with Gasteiger partial charge in [0.25, 0.3) is 10.1 Å². The van der Waals surface area contributed by atoms with Crippen LogP contribution in [0.1, 0.15) is 77.6 Å². The fraction of sp³-hybridized carbons (Fsp3) is 0.867. The van der Waals surface area contributed by atoms with Crippen LogP contribution in [0, 0.1) is 0 Å². The standard InChI is InChI=1S/C15H28O7S/c1-2-3-4-5-6-7-8-9-10-11-15(14(18)19,12-13(16)17)23(20,21)22/h2-12H2,1H3,(H,16,17)(H,18,19)(H,20,21,22). The van der Waals surface area contributed by atoms with Gasteiger partial charge in [0.1, 0.15) is 0 Å². The molecule has 1 unspecified atom stereocenters. The zero-order chi connectivity index (χ0) is 17.9. The van der Waals surface area contributed by atoms with Crippen molar-refractivity contribution >= 4 is 22.1 Å². The average molecular weight is 352 g/mol. The second-order valence-electron chi connectivity index (χ2n) is 5.92. The quantitative estimate of drug-likeness (QED) is 0.323. The number of unbranched alkanes of at least 4 members (excludes halogenated alkanes) is 8. The van der Waals surface area contributed by atoms with E-state index in [0.717, 1.165) is 25.7 Å². The van der Waals surface area contributed by atoms with Crippen LogP contribution in [0.2, 0.25) is 0 Å². The van der Waals surface area contributed by atoms with Gasteiger partial charge in [-0.2, -0.15) is 8.42 Å². The minimum absolute atomic E-state index is 0.244. The fourth-order valence-corrected chi connectivity index (χ4v) is 3.50. The number of carboxylic acids is 2. The van der Waals surface area contributed by atoms with Crippen LogP contribution in [0.3, 0.4) is 0 Å². The van der Waals surface area contributed by atoms with Crippen molar-refractivity contribution in [2.45, 2.75) is 82.3 Å². The lowest BCUT2D eigenvalue weighted by atomic mass is 9.96. The summed E-state index contributed by atoms with van der Waals surface area (Å²) in [6.07, 6.45) is 6.94. The number of hydrogen-bond donors (Lipinski definition) is 3. The zero-order valence-electron chi connectivity index (χ0n) is 13.7. The largest absolute Gasteiger partial charge is 0.481 e. The van der Waals surface area contributed by atoms with Crippen molar-refractivity contribution in [2.75, 3.05) is 0 Å². The normalized spacial score (nSPS) is 14.3. The van der Waals surface area contributed by atoms with Gasteiger partial charge in [-0.05, 0) is 6.42 Å². The summed E-state index contributed by atoms with van der Waals surface area (Å²) < 4.78 is 29.4. The Kier molecular flexibility index (Phi) is 10.1. The smallest absolute Gasteiger partial charge is 0.328 e. The van der Waals surface area contributed by atoms with Crippen LogP contribution in [-0.2, 0) is 19.7 Å². The second-order valence-corrected chi connectivity index (χ2v) is 7.66. The maximum absolute atomic E-state index is 11.4. The highest BCUT2D eigenvalue weighted by molar-refractivity contribution is 7.88. The van der Waals surface area contributed by atoms with Gasteiger partial charge < -0.3 is 10.2 Å². The van der Waals surface area contributed by atoms with E-state index in [1.807, 2.05) is 0 Å². The van der Waals surface area contributed by atoms with Crippen LogP contribution in [0.25, 0.3) is 0 Å². The van der Waals surface area contributed by atoms with E-state index in [9.17, 15) is 22.6 Å². The minimum atomic E-state index is -5.01. The van der Waals surface area contributed by atoms with Crippen LogP contribution in [0.15, 0.2) is 0 Å². The van der Waals surface area contributed by atoms with Crippen molar-refractivity contribution in [3.8, 4) is 0 Å². The van der Waals surface area contributed by atoms with E-state index in [2.05, 4.69) is 6.92 Å². The molecule has 0 aromatic carbocycles. The molecule has 0 aromatic heterocycles. The van der Waals surface area contributed by atoms with Crippen molar-refractivity contribution in [1.29, 1.82) is 0 Å². The summed E-state index contributed by atoms with van der Waals surface area (Å²) in [5, 5.41) is 17.9. The molecule has 0 rings (SSSR count). The van der Waals surface area contributed by atoms with Crippen LogP contribution in [0.5, 0.6) is 0 Å². The van der Waals surface area contributed by atoms with Gasteiger partial charge >= 0.3 is 11.9 Å². The maximum atomic E-state index is 11.4. The molecule has 136 valence electrons. The number of hydrogen-bond acceptors (Lipinski definition) is 4. The summed E-state index contributed by atoms with van der Waals surface area (Å²) in [6.45, 7) is 2.14. The van der Waals surface area contributed by atoms with E-state index in [1.165, 1.54) is 19.3 Å². The Bertz CT molecular complexity index is 472. The molecule has 3 N–H and O–H groups in total. The highest BCUT2D eigenvalue weighted by Gasteiger charge is 2.51. The molecular weight excluding hydrogens is 324 g/mol. The Balaban J connectivity index is 4.37. The third-order valence-corrected chi connectivity index (χ3v) is 5.52. The number of rotatable bonds is 14. The van der Waals surface area contributed by atoms with Crippen LogP contribution in [0.4, 0.5) is 0 Å². The summed E-state index contributed by atoms with van der Waals surface area (Å²) in [4.78, 5) is 22.1. The minimum Gasteiger partial charge on any atom is -0.481 e. The third-order valence-electron chi connectivity index (χ3n) is 4.00. The van der Waals surface area contributed by atoms with Gasteiger partial charge in [-0.1, -0.05) is 64.7 Å². The molecule has 0 saturated carbocycles. The molecule has 8 heteroatoms. The van der Waals surface area contributed by atoms with Crippen LogP contribution < -0.4 is 0 Å². The van der Waals surface area contributed by atoms with Gasteiger partial charge in [0.05, 0.1) is 6.42 Å². The van der Waals surface area contributed by atoms with Gasteiger partial charge in [0.15, 0.2) is 0 Å². The molecule has 0 amide bonds. The third kappa shape index (κ3) is 7.78. The Morgan fingerprint density at radius 1 is 0.870 bits per heavy atom. The molecule has 0 aliphatic rings. The topological polar surface area (TPSA) is 129 Å². The summed E-state index contributed by atoms with van der Waals surface area (Å²) in [6, 6.07) is 0. The first-order valence-electron chi connectivity index (χ1n) is 8.09. The van der Waals surface area contributed by atoms with Gasteiger partial charge in [-0.25, -0.2) is 0 Å². The Morgan fingerprint density at radius 2 is 1.30 bits per heavy atom. The summed E-state index contributed by atoms with van der Waals surface area (Å²) >= 11 is 0. The molecule has 0 bridgehead atoms. The van der Waals surface area contributed by atoms with E-state index < -0.39 is 39.6 Å². The van der Waals surface area contributed by atoms with E-state index in [-0.39, 0.29) is 6.42 Å². The first kappa shape index (κ1) is 21.9. The summed E-state index contributed by atoms with van der Waals surface area (Å²) in [5.74, 6) is -3.39. The molecule has 0 radical (unpaired) electrons. The molecule has 0 fully saturated rings. The first-order valence-corrected chi connectivity index (χ1v) is 9.53. The molecule has 1 atom stereocenters. The van der Waals surface area contributed by atoms with E-state index >= 15 is 0 Å². The van der Waals surface area contributed by atoms with E-state index in [0.29, 0.717) is 6.42 Å². The van der Waals surface area contributed by atoms with Crippen molar-refractivity contribution in [3.63, 3.8) is 0 Å². The molecule has 7 nitrogen and oxygen atoms in total. The number of carbonyl (C=O) groups is 2. The second kappa shape index (κ2) is 10.6. The monoisotopic (exact) mass is 352 g/mol. The van der Waals surface area contributed by atoms with Crippen LogP contribution >= 0.6 is 0 Å². The molecule has 0 heterocycles. The predicted octanol–water partition coefficient (Wildman–Crippen LogP) is 3.09. The molecule has 0 aliphatic heterocycles. The van der Waals surface area contributed by atoms with Gasteiger partial charge in [0.2, 0.25) is 4.75 Å². The molecule has 23 heavy (non-hydrogen) atoms. The van der Waals surface area contributed by atoms with Crippen molar-refractivity contribution in [3.05, 3.63) is 0 Å². The molecular formula is C15H28O7S. The van der Waals surface area contributed by atoms with Gasteiger partial charge in [0, 0.05) is 0 Å². The lowest BCUT2D eigenvalue weighted by Crippen LogP contribution is -2.48. The van der Waals surface area contributed by atoms with E-state index in [1.54, 1.807) is 0 Å². The van der Waals surface area contributed by atoms with Crippen molar-refractivity contribution in [1.82, 2.24) is 0 Å². The number of aliphatic carboxylic acids is 2. The Hall–Kier alpha value is -1.15. The van der Waals surface area contributed by atoms with Gasteiger partial charge in [-0.15, -0.1) is 0 Å². The molecule has 0 spiro atoms. The SMILES string of the molecule is CCCCCCCCCCCC(CC(=O)O)(C(=O)O)S(=O)(=O)O. The maximum Gasteiger partial charge on any atom is 0.328 e. The lowest BCUT2D eigenvalue weighted by Gasteiger charge is -2.24. The Labute approximate surface area is 137 Å². The van der Waals surface area contributed by atoms with E-state index in [4.69, 9.17) is 10.2 Å². The predicted molar refractivity (Wildman–Crippen MR) is 86.0 cm³/mol. The summed E-state index contributed by atoms with van der Waals surface area (Å²) in [7, 11) is -5.01. The number of carboxylic acid groups (broad SMARTS) is 2. The fourth-order valence-electron chi connectivity index (χ4n) is 2.57.